The van der Waals surface area contributed by atoms with E-state index in [1.165, 1.54) is 6.42 Å². The number of nitrogens with zero attached hydrogens (tertiary/aromatic N) is 1. The largest absolute Gasteiger partial charge is 0.394 e. The van der Waals surface area contributed by atoms with Crippen LogP contribution in [0.25, 0.3) is 0 Å². The van der Waals surface area contributed by atoms with Crippen LogP contribution in [0.15, 0.2) is 0 Å². The highest BCUT2D eigenvalue weighted by Gasteiger charge is 2.31. The maximum absolute atomic E-state index is 12.3. The summed E-state index contributed by atoms with van der Waals surface area (Å²) in [6.07, 6.45) is 4.32. The molecular weight excluding hydrogens is 224 g/mol. The molecule has 16 heavy (non-hydrogen) atoms. The van der Waals surface area contributed by atoms with Crippen molar-refractivity contribution in [3.8, 4) is 0 Å². The van der Waals surface area contributed by atoms with E-state index >= 15 is 0 Å². The van der Waals surface area contributed by atoms with Crippen molar-refractivity contribution in [1.29, 1.82) is 0 Å². The van der Waals surface area contributed by atoms with Crippen molar-refractivity contribution in [1.82, 2.24) is 10.2 Å². The Morgan fingerprint density at radius 3 is 3.00 bits per heavy atom. The Hall–Kier alpha value is -0.260. The average Bonchev–Trinajstić information content (AvgIpc) is 2.73. The Balaban J connectivity index is 2.00. The molecule has 2 atom stereocenters. The van der Waals surface area contributed by atoms with Crippen molar-refractivity contribution in [2.45, 2.75) is 37.8 Å². The third-order valence-corrected chi connectivity index (χ3v) is 4.33. The second-order valence-corrected chi connectivity index (χ2v) is 5.52. The van der Waals surface area contributed by atoms with Crippen molar-refractivity contribution in [3.63, 3.8) is 0 Å². The molecule has 2 saturated heterocycles. The van der Waals surface area contributed by atoms with Gasteiger partial charge in [0.25, 0.3) is 0 Å². The maximum Gasteiger partial charge on any atom is 0.240 e. The fraction of sp³-hybridized carbons (Fsp3) is 0.909. The van der Waals surface area contributed by atoms with Gasteiger partial charge in [0.05, 0.1) is 18.7 Å². The zero-order chi connectivity index (χ0) is 11.4. The Morgan fingerprint density at radius 1 is 1.44 bits per heavy atom. The molecule has 0 aromatic rings. The molecule has 92 valence electrons. The molecule has 0 radical (unpaired) electrons. The van der Waals surface area contributed by atoms with Crippen LogP contribution in [-0.4, -0.2) is 52.8 Å². The number of likely N-dealkylation sites (tertiary alicyclic amines) is 1. The quantitative estimate of drug-likeness (QED) is 0.739. The maximum atomic E-state index is 12.3. The summed E-state index contributed by atoms with van der Waals surface area (Å²) in [6.45, 7) is 0.915. The lowest BCUT2D eigenvalue weighted by atomic mass is 10.1. The first-order valence-corrected chi connectivity index (χ1v) is 7.21. The molecule has 2 heterocycles. The second-order valence-electron chi connectivity index (χ2n) is 4.49. The molecule has 2 unspecified atom stereocenters. The number of aliphatic hydroxyl groups is 1. The van der Waals surface area contributed by atoms with Crippen LogP contribution >= 0.6 is 11.8 Å². The normalized spacial score (nSPS) is 31.4. The summed E-state index contributed by atoms with van der Waals surface area (Å²) >= 11 is 1.77. The fourth-order valence-corrected chi connectivity index (χ4v) is 3.34. The number of hydrogen-bond donors (Lipinski definition) is 2. The van der Waals surface area contributed by atoms with E-state index in [-0.39, 0.29) is 24.6 Å². The summed E-state index contributed by atoms with van der Waals surface area (Å²) in [5.41, 5.74) is 0. The predicted molar refractivity (Wildman–Crippen MR) is 65.3 cm³/mol. The fourth-order valence-electron chi connectivity index (χ4n) is 2.41. The zero-order valence-electron chi connectivity index (χ0n) is 9.52. The molecule has 2 aliphatic heterocycles. The van der Waals surface area contributed by atoms with Crippen LogP contribution in [0.3, 0.4) is 0 Å². The molecule has 4 nitrogen and oxygen atoms in total. The molecule has 5 heteroatoms. The first-order chi connectivity index (χ1) is 7.83. The molecule has 2 aliphatic rings. The molecule has 2 fully saturated rings. The Bertz CT molecular complexity index is 244. The van der Waals surface area contributed by atoms with Crippen LogP contribution in [0.5, 0.6) is 0 Å². The molecule has 0 spiro atoms. The lowest BCUT2D eigenvalue weighted by molar-refractivity contribution is -0.135. The summed E-state index contributed by atoms with van der Waals surface area (Å²) in [4.78, 5) is 14.2. The minimum absolute atomic E-state index is 0.0304. The third-order valence-electron chi connectivity index (χ3n) is 3.39. The summed E-state index contributed by atoms with van der Waals surface area (Å²) in [6, 6.07) is 0.0135. The summed E-state index contributed by atoms with van der Waals surface area (Å²) in [7, 11) is 0. The van der Waals surface area contributed by atoms with Crippen LogP contribution in [0, 0.1) is 0 Å². The van der Waals surface area contributed by atoms with Gasteiger partial charge in [-0.3, -0.25) is 10.1 Å². The first-order valence-electron chi connectivity index (χ1n) is 6.05. The lowest BCUT2D eigenvalue weighted by Crippen LogP contribution is -2.50. The molecule has 2 N–H and O–H groups in total. The van der Waals surface area contributed by atoms with E-state index in [1.54, 1.807) is 11.8 Å². The van der Waals surface area contributed by atoms with Gasteiger partial charge in [0.2, 0.25) is 5.91 Å². The number of amides is 1. The van der Waals surface area contributed by atoms with Crippen LogP contribution < -0.4 is 5.32 Å². The number of rotatable bonds is 2. The molecule has 0 aliphatic carbocycles. The summed E-state index contributed by atoms with van der Waals surface area (Å²) in [5.74, 6) is 1.92. The van der Waals surface area contributed by atoms with Gasteiger partial charge in [-0.25, -0.2) is 0 Å². The predicted octanol–water partition coefficient (Wildman–Crippen LogP) is 0.412. The van der Waals surface area contributed by atoms with Gasteiger partial charge < -0.3 is 10.0 Å². The van der Waals surface area contributed by atoms with Crippen molar-refractivity contribution in [2.24, 2.45) is 0 Å². The van der Waals surface area contributed by atoms with E-state index in [4.69, 9.17) is 0 Å². The Kier molecular flexibility index (Phi) is 4.49. The van der Waals surface area contributed by atoms with Gasteiger partial charge in [0.1, 0.15) is 0 Å². The van der Waals surface area contributed by atoms with Crippen LogP contribution in [0.4, 0.5) is 0 Å². The van der Waals surface area contributed by atoms with Gasteiger partial charge in [0.15, 0.2) is 0 Å². The van der Waals surface area contributed by atoms with Gasteiger partial charge in [0, 0.05) is 18.2 Å². The molecular formula is C11H20N2O2S. The number of carbonyl (C=O) groups excluding carboxylic acids is 1. The number of carbonyl (C=O) groups is 1. The van der Waals surface area contributed by atoms with Gasteiger partial charge >= 0.3 is 0 Å². The van der Waals surface area contributed by atoms with Crippen LogP contribution in [0.1, 0.15) is 25.7 Å². The first kappa shape index (κ1) is 12.2. The SMILES string of the molecule is O=C(C1CSCN1)N1CCCCCC1CO. The van der Waals surface area contributed by atoms with Gasteiger partial charge in [-0.2, -0.15) is 0 Å². The molecule has 0 bridgehead atoms. The highest BCUT2D eigenvalue weighted by atomic mass is 32.2. The number of nitrogens with one attached hydrogen (secondary N) is 1. The number of hydrogen-bond acceptors (Lipinski definition) is 4. The van der Waals surface area contributed by atoms with Gasteiger partial charge in [-0.1, -0.05) is 12.8 Å². The van der Waals surface area contributed by atoms with Gasteiger partial charge in [-0.05, 0) is 12.8 Å². The van der Waals surface area contributed by atoms with Crippen LogP contribution in [-0.2, 0) is 4.79 Å². The highest BCUT2D eigenvalue weighted by Crippen LogP contribution is 2.20. The Labute approximate surface area is 101 Å². The van der Waals surface area contributed by atoms with Gasteiger partial charge in [-0.15, -0.1) is 11.8 Å². The van der Waals surface area contributed by atoms with Crippen molar-refractivity contribution in [2.75, 3.05) is 24.8 Å². The molecule has 0 saturated carbocycles. The molecule has 0 aromatic heterocycles. The summed E-state index contributed by atoms with van der Waals surface area (Å²) in [5, 5.41) is 12.6. The minimum Gasteiger partial charge on any atom is -0.394 e. The number of aliphatic hydroxyl groups excluding tert-OH is 1. The smallest absolute Gasteiger partial charge is 0.240 e. The highest BCUT2D eigenvalue weighted by molar-refractivity contribution is 7.99. The lowest BCUT2D eigenvalue weighted by Gasteiger charge is -2.30. The Morgan fingerprint density at radius 2 is 2.31 bits per heavy atom. The van der Waals surface area contributed by atoms with E-state index in [9.17, 15) is 9.90 Å². The van der Waals surface area contributed by atoms with Crippen molar-refractivity contribution < 1.29 is 9.90 Å². The minimum atomic E-state index is -0.0304. The molecule has 1 amide bonds. The average molecular weight is 244 g/mol. The van der Waals surface area contributed by atoms with E-state index in [0.29, 0.717) is 0 Å². The van der Waals surface area contributed by atoms with E-state index in [2.05, 4.69) is 5.32 Å². The molecule has 0 aromatic carbocycles. The summed E-state index contributed by atoms with van der Waals surface area (Å²) < 4.78 is 0. The second kappa shape index (κ2) is 5.89. The van der Waals surface area contributed by atoms with E-state index in [0.717, 1.165) is 37.4 Å². The number of thioether (sulfide) groups is 1. The third kappa shape index (κ3) is 2.70. The zero-order valence-corrected chi connectivity index (χ0v) is 10.3. The monoisotopic (exact) mass is 244 g/mol. The van der Waals surface area contributed by atoms with E-state index < -0.39 is 0 Å². The molecule has 2 rings (SSSR count). The topological polar surface area (TPSA) is 52.6 Å². The standard InChI is InChI=1S/C11H20N2O2S/c14-6-9-4-2-1-3-5-13(9)11(15)10-7-16-8-12-10/h9-10,12,14H,1-8H2. The van der Waals surface area contributed by atoms with Crippen molar-refractivity contribution >= 4 is 17.7 Å². The van der Waals surface area contributed by atoms with E-state index in [1.807, 2.05) is 4.90 Å². The van der Waals surface area contributed by atoms with Crippen LogP contribution in [0.2, 0.25) is 0 Å². The van der Waals surface area contributed by atoms with Crippen molar-refractivity contribution in [3.05, 3.63) is 0 Å².